The van der Waals surface area contributed by atoms with E-state index in [1.807, 2.05) is 36.9 Å². The van der Waals surface area contributed by atoms with Crippen LogP contribution in [0.3, 0.4) is 0 Å². The second-order valence-corrected chi connectivity index (χ2v) is 8.80. The van der Waals surface area contributed by atoms with Crippen molar-refractivity contribution in [3.05, 3.63) is 34.9 Å². The van der Waals surface area contributed by atoms with Gasteiger partial charge in [-0.05, 0) is 51.3 Å². The monoisotopic (exact) mass is 385 g/mol. The minimum absolute atomic E-state index is 0.131. The van der Waals surface area contributed by atoms with Crippen LogP contribution in [0, 0.1) is 25.2 Å². The number of carbonyl (C=O) groups excluding carboxylic acids is 2. The molecule has 152 valence electrons. The lowest BCUT2D eigenvalue weighted by Gasteiger charge is -2.35. The Morgan fingerprint density at radius 2 is 1.93 bits per heavy atom. The van der Waals surface area contributed by atoms with Gasteiger partial charge in [-0.1, -0.05) is 17.7 Å². The molecule has 1 saturated heterocycles. The maximum atomic E-state index is 12.8. The van der Waals surface area contributed by atoms with Crippen LogP contribution in [-0.4, -0.2) is 72.1 Å². The summed E-state index contributed by atoms with van der Waals surface area (Å²) in [6.45, 7) is 8.89. The summed E-state index contributed by atoms with van der Waals surface area (Å²) in [5, 5.41) is 12.6. The Bertz CT molecular complexity index is 772. The second kappa shape index (κ2) is 7.48. The van der Waals surface area contributed by atoms with E-state index in [1.54, 1.807) is 0 Å². The number of fused-ring (bicyclic) bond motifs is 1. The van der Waals surface area contributed by atoms with E-state index in [1.165, 1.54) is 0 Å². The maximum Gasteiger partial charge on any atom is 0.254 e. The minimum Gasteiger partial charge on any atom is -0.393 e. The first-order valence-corrected chi connectivity index (χ1v) is 10.5. The number of carbonyl (C=O) groups is 2. The van der Waals surface area contributed by atoms with Gasteiger partial charge in [0.25, 0.3) is 5.91 Å². The molecule has 28 heavy (non-hydrogen) atoms. The zero-order valence-electron chi connectivity index (χ0n) is 16.9. The first-order valence-electron chi connectivity index (χ1n) is 10.5. The lowest BCUT2D eigenvalue weighted by atomic mass is 9.81. The van der Waals surface area contributed by atoms with Crippen LogP contribution in [-0.2, 0) is 4.79 Å². The van der Waals surface area contributed by atoms with Gasteiger partial charge in [-0.25, -0.2) is 0 Å². The zero-order valence-corrected chi connectivity index (χ0v) is 16.9. The topological polar surface area (TPSA) is 72.9 Å². The van der Waals surface area contributed by atoms with Gasteiger partial charge in [0, 0.05) is 44.2 Å². The second-order valence-electron chi connectivity index (χ2n) is 8.80. The van der Waals surface area contributed by atoms with Crippen LogP contribution in [0.2, 0.25) is 0 Å². The molecule has 2 aliphatic carbocycles. The highest BCUT2D eigenvalue weighted by atomic mass is 16.3. The smallest absolute Gasteiger partial charge is 0.254 e. The first-order chi connectivity index (χ1) is 13.4. The predicted octanol–water partition coefficient (Wildman–Crippen LogP) is 1.34. The van der Waals surface area contributed by atoms with Crippen LogP contribution in [0.4, 0.5) is 0 Å². The van der Waals surface area contributed by atoms with Crippen molar-refractivity contribution in [3.8, 4) is 0 Å². The number of rotatable bonds is 6. The van der Waals surface area contributed by atoms with Crippen molar-refractivity contribution in [1.82, 2.24) is 15.1 Å². The predicted molar refractivity (Wildman–Crippen MR) is 107 cm³/mol. The average Bonchev–Trinajstić information content (AvgIpc) is 3.33. The van der Waals surface area contributed by atoms with E-state index in [0.29, 0.717) is 13.0 Å². The molecule has 0 aromatic heterocycles. The summed E-state index contributed by atoms with van der Waals surface area (Å²) in [5.41, 5.74) is 2.74. The standard InChI is InChI=1S/C22H31N3O3/c1-15-4-5-16(2)17(12-15)20(27)25-10-8-24(9-11-25)7-3-6-23-21(28)22-13-18(22)19(26)14-22/h4-5,12,18-19,26H,3,6-11,13-14H2,1-2H3,(H,23,28)/t18-,19+,22-/m0/s1. The number of nitrogens with zero attached hydrogens (tertiary/aromatic N) is 2. The van der Waals surface area contributed by atoms with Gasteiger partial charge in [0.15, 0.2) is 0 Å². The van der Waals surface area contributed by atoms with E-state index in [4.69, 9.17) is 0 Å². The van der Waals surface area contributed by atoms with Crippen molar-refractivity contribution in [1.29, 1.82) is 0 Å². The lowest BCUT2D eigenvalue weighted by molar-refractivity contribution is -0.133. The van der Waals surface area contributed by atoms with Crippen molar-refractivity contribution in [2.24, 2.45) is 11.3 Å². The highest BCUT2D eigenvalue weighted by molar-refractivity contribution is 5.96. The van der Waals surface area contributed by atoms with Crippen molar-refractivity contribution >= 4 is 11.8 Å². The maximum absolute atomic E-state index is 12.8. The van der Waals surface area contributed by atoms with Gasteiger partial charge in [-0.15, -0.1) is 0 Å². The van der Waals surface area contributed by atoms with Gasteiger partial charge in [0.05, 0.1) is 11.5 Å². The molecular formula is C22H31N3O3. The molecule has 1 aliphatic heterocycles. The minimum atomic E-state index is -0.256. The van der Waals surface area contributed by atoms with E-state index in [-0.39, 0.29) is 29.3 Å². The number of benzene rings is 1. The number of piperazine rings is 1. The fourth-order valence-electron chi connectivity index (χ4n) is 4.77. The van der Waals surface area contributed by atoms with E-state index in [0.717, 1.165) is 62.3 Å². The first kappa shape index (κ1) is 19.4. The molecule has 3 fully saturated rings. The molecule has 0 radical (unpaired) electrons. The SMILES string of the molecule is Cc1ccc(C)c(C(=O)N2CCN(CCCNC(=O)[C@@]34C[C@@H](O)[C@@H]3C4)CC2)c1. The van der Waals surface area contributed by atoms with Crippen LogP contribution >= 0.6 is 0 Å². The number of hydrogen-bond donors (Lipinski definition) is 2. The molecule has 2 saturated carbocycles. The molecular weight excluding hydrogens is 354 g/mol. The summed E-state index contributed by atoms with van der Waals surface area (Å²) >= 11 is 0. The number of hydrogen-bond acceptors (Lipinski definition) is 4. The van der Waals surface area contributed by atoms with Crippen molar-refractivity contribution in [3.63, 3.8) is 0 Å². The number of amides is 2. The van der Waals surface area contributed by atoms with E-state index < -0.39 is 0 Å². The molecule has 1 aromatic rings. The van der Waals surface area contributed by atoms with E-state index in [2.05, 4.69) is 10.2 Å². The summed E-state index contributed by atoms with van der Waals surface area (Å²) in [6, 6.07) is 6.04. The highest BCUT2D eigenvalue weighted by Crippen LogP contribution is 2.67. The Morgan fingerprint density at radius 1 is 1.18 bits per heavy atom. The third-order valence-corrected chi connectivity index (χ3v) is 6.84. The van der Waals surface area contributed by atoms with E-state index >= 15 is 0 Å². The van der Waals surface area contributed by atoms with E-state index in [9.17, 15) is 14.7 Å². The number of aliphatic hydroxyl groups is 1. The molecule has 0 spiro atoms. The van der Waals surface area contributed by atoms with Crippen LogP contribution < -0.4 is 5.32 Å². The van der Waals surface area contributed by atoms with Gasteiger partial charge in [-0.3, -0.25) is 14.5 Å². The normalized spacial score (nSPS) is 29.0. The largest absolute Gasteiger partial charge is 0.393 e. The summed E-state index contributed by atoms with van der Waals surface area (Å²) in [7, 11) is 0. The molecule has 1 aromatic carbocycles. The van der Waals surface area contributed by atoms with Gasteiger partial charge in [-0.2, -0.15) is 0 Å². The summed E-state index contributed by atoms with van der Waals surface area (Å²) in [6.07, 6.45) is 2.16. The Kier molecular flexibility index (Phi) is 5.19. The fraction of sp³-hybridized carbons (Fsp3) is 0.636. The molecule has 0 unspecified atom stereocenters. The third-order valence-electron chi connectivity index (χ3n) is 6.84. The van der Waals surface area contributed by atoms with Crippen molar-refractivity contribution in [2.75, 3.05) is 39.3 Å². The number of aliphatic hydroxyl groups excluding tert-OH is 1. The molecule has 1 heterocycles. The quantitative estimate of drug-likeness (QED) is 0.725. The zero-order chi connectivity index (χ0) is 19.9. The van der Waals surface area contributed by atoms with Crippen LogP contribution in [0.1, 0.15) is 40.7 Å². The lowest BCUT2D eigenvalue weighted by Crippen LogP contribution is -2.49. The Hall–Kier alpha value is -1.92. The third kappa shape index (κ3) is 3.55. The summed E-state index contributed by atoms with van der Waals surface area (Å²) in [5.74, 6) is 0.482. The summed E-state index contributed by atoms with van der Waals surface area (Å²) < 4.78 is 0. The van der Waals surface area contributed by atoms with Crippen LogP contribution in [0.25, 0.3) is 0 Å². The molecule has 2 amide bonds. The molecule has 4 rings (SSSR count). The van der Waals surface area contributed by atoms with Crippen molar-refractivity contribution in [2.45, 2.75) is 39.2 Å². The molecule has 6 heteroatoms. The van der Waals surface area contributed by atoms with Gasteiger partial charge >= 0.3 is 0 Å². The highest BCUT2D eigenvalue weighted by Gasteiger charge is 2.71. The van der Waals surface area contributed by atoms with Crippen LogP contribution in [0.15, 0.2) is 18.2 Å². The molecule has 2 N–H and O–H groups in total. The molecule has 6 nitrogen and oxygen atoms in total. The van der Waals surface area contributed by atoms with Gasteiger partial charge in [0.2, 0.25) is 5.91 Å². The Morgan fingerprint density at radius 3 is 2.57 bits per heavy atom. The average molecular weight is 386 g/mol. The molecule has 3 atom stereocenters. The summed E-state index contributed by atoms with van der Waals surface area (Å²) in [4.78, 5) is 29.3. The van der Waals surface area contributed by atoms with Gasteiger partial charge in [0.1, 0.15) is 0 Å². The molecule has 3 aliphatic rings. The fourth-order valence-corrected chi connectivity index (χ4v) is 4.77. The van der Waals surface area contributed by atoms with Crippen molar-refractivity contribution < 1.29 is 14.7 Å². The number of aryl methyl sites for hydroxylation is 2. The number of nitrogens with one attached hydrogen (secondary N) is 1. The van der Waals surface area contributed by atoms with Gasteiger partial charge < -0.3 is 15.3 Å². The Labute approximate surface area is 166 Å². The molecule has 0 bridgehead atoms. The van der Waals surface area contributed by atoms with Crippen LogP contribution in [0.5, 0.6) is 0 Å². The Balaban J connectivity index is 1.16.